The molecule has 0 aliphatic heterocycles. The standard InChI is InChI=1S/C13H7FN4OS3/c14-7-3-1-6(2-4-7)5-20-12-8-9-10(11(19)16-18-15-9)21-13(8)22-17-12/h1-4H,5H2,(H,15,16,19). The molecule has 3 heterocycles. The van der Waals surface area contributed by atoms with Crippen molar-refractivity contribution in [3.05, 3.63) is 46.0 Å². The molecule has 0 fully saturated rings. The molecule has 4 aromatic rings. The van der Waals surface area contributed by atoms with Gasteiger partial charge in [0, 0.05) is 5.75 Å². The predicted molar refractivity (Wildman–Crippen MR) is 87.2 cm³/mol. The van der Waals surface area contributed by atoms with Crippen LogP contribution in [0.5, 0.6) is 0 Å². The van der Waals surface area contributed by atoms with Crippen LogP contribution in [0.15, 0.2) is 34.1 Å². The second kappa shape index (κ2) is 5.41. The van der Waals surface area contributed by atoms with Crippen LogP contribution in [0.1, 0.15) is 5.56 Å². The van der Waals surface area contributed by atoms with Crippen molar-refractivity contribution < 1.29 is 4.39 Å². The number of nitrogens with zero attached hydrogens (tertiary/aromatic N) is 3. The van der Waals surface area contributed by atoms with E-state index in [9.17, 15) is 9.18 Å². The molecule has 0 atom stereocenters. The van der Waals surface area contributed by atoms with Gasteiger partial charge in [-0.25, -0.2) is 9.49 Å². The summed E-state index contributed by atoms with van der Waals surface area (Å²) < 4.78 is 18.9. The summed E-state index contributed by atoms with van der Waals surface area (Å²) >= 11 is 4.28. The molecule has 3 aromatic heterocycles. The second-order valence-electron chi connectivity index (χ2n) is 4.49. The van der Waals surface area contributed by atoms with Gasteiger partial charge in [-0.15, -0.1) is 16.4 Å². The fourth-order valence-corrected chi connectivity index (χ4v) is 5.24. The maximum Gasteiger partial charge on any atom is 0.285 e. The van der Waals surface area contributed by atoms with E-state index in [0.717, 1.165) is 20.0 Å². The van der Waals surface area contributed by atoms with Crippen LogP contribution in [0.4, 0.5) is 4.39 Å². The van der Waals surface area contributed by atoms with Crippen LogP contribution in [-0.2, 0) is 5.75 Å². The van der Waals surface area contributed by atoms with Gasteiger partial charge in [0.15, 0.2) is 0 Å². The molecule has 1 N–H and O–H groups in total. The number of benzene rings is 1. The Morgan fingerprint density at radius 1 is 1.27 bits per heavy atom. The van der Waals surface area contributed by atoms with E-state index in [4.69, 9.17) is 0 Å². The second-order valence-corrected chi connectivity index (χ2v) is 7.50. The Morgan fingerprint density at radius 2 is 2.09 bits per heavy atom. The lowest BCUT2D eigenvalue weighted by Crippen LogP contribution is -2.07. The molecule has 0 bridgehead atoms. The summed E-state index contributed by atoms with van der Waals surface area (Å²) in [4.78, 5) is 11.8. The highest BCUT2D eigenvalue weighted by Crippen LogP contribution is 2.40. The predicted octanol–water partition coefficient (Wildman–Crippen LogP) is 3.42. The zero-order valence-corrected chi connectivity index (χ0v) is 13.3. The Bertz CT molecular complexity index is 1020. The minimum Gasteiger partial charge on any atom is -0.266 e. The summed E-state index contributed by atoms with van der Waals surface area (Å²) in [7, 11) is 0. The van der Waals surface area contributed by atoms with Crippen molar-refractivity contribution in [3.8, 4) is 0 Å². The van der Waals surface area contributed by atoms with E-state index in [-0.39, 0.29) is 11.4 Å². The number of aromatic amines is 1. The highest BCUT2D eigenvalue weighted by molar-refractivity contribution is 7.98. The fourth-order valence-electron chi connectivity index (χ4n) is 2.04. The molecule has 0 amide bonds. The van der Waals surface area contributed by atoms with Crippen molar-refractivity contribution in [2.45, 2.75) is 10.8 Å². The number of hydrogen-bond acceptors (Lipinski definition) is 7. The SMILES string of the molecule is O=c1[nH]nnc2c1sc1snc(SCc3ccc(F)cc3)c12. The number of nitrogens with one attached hydrogen (secondary N) is 1. The maximum atomic E-state index is 12.9. The summed E-state index contributed by atoms with van der Waals surface area (Å²) in [6.45, 7) is 0. The van der Waals surface area contributed by atoms with Crippen molar-refractivity contribution >= 4 is 54.2 Å². The van der Waals surface area contributed by atoms with Crippen molar-refractivity contribution in [2.75, 3.05) is 0 Å². The van der Waals surface area contributed by atoms with E-state index in [1.54, 1.807) is 23.9 Å². The molecule has 0 spiro atoms. The molecule has 0 radical (unpaired) electrons. The first-order valence-corrected chi connectivity index (χ1v) is 8.80. The third-order valence-corrected chi connectivity index (χ3v) is 6.32. The van der Waals surface area contributed by atoms with Crippen molar-refractivity contribution in [1.29, 1.82) is 0 Å². The van der Waals surface area contributed by atoms with Gasteiger partial charge in [-0.2, -0.15) is 4.37 Å². The fraction of sp³-hybridized carbons (Fsp3) is 0.0769. The third-order valence-electron chi connectivity index (χ3n) is 3.07. The van der Waals surface area contributed by atoms with Crippen LogP contribution in [-0.4, -0.2) is 19.8 Å². The molecule has 0 unspecified atom stereocenters. The van der Waals surface area contributed by atoms with Crippen LogP contribution in [0.2, 0.25) is 0 Å². The molecule has 0 saturated heterocycles. The molecule has 0 aliphatic rings. The lowest BCUT2D eigenvalue weighted by Gasteiger charge is -1.99. The lowest BCUT2D eigenvalue weighted by molar-refractivity contribution is 0.627. The minimum absolute atomic E-state index is 0.229. The molecular weight excluding hydrogens is 343 g/mol. The molecule has 22 heavy (non-hydrogen) atoms. The van der Waals surface area contributed by atoms with Crippen LogP contribution in [0, 0.1) is 5.82 Å². The van der Waals surface area contributed by atoms with Crippen LogP contribution in [0.25, 0.3) is 19.6 Å². The van der Waals surface area contributed by atoms with Gasteiger partial charge in [0.25, 0.3) is 5.56 Å². The van der Waals surface area contributed by atoms with Crippen molar-refractivity contribution in [3.63, 3.8) is 0 Å². The topological polar surface area (TPSA) is 71.5 Å². The van der Waals surface area contributed by atoms with Gasteiger partial charge >= 0.3 is 0 Å². The van der Waals surface area contributed by atoms with E-state index < -0.39 is 0 Å². The Morgan fingerprint density at radius 3 is 2.91 bits per heavy atom. The van der Waals surface area contributed by atoms with Gasteiger partial charge in [-0.1, -0.05) is 29.1 Å². The molecular formula is C13H7FN4OS3. The average Bonchev–Trinajstić information content (AvgIpc) is 3.07. The van der Waals surface area contributed by atoms with E-state index in [2.05, 4.69) is 19.8 Å². The number of rotatable bonds is 3. The number of H-pyrrole nitrogens is 1. The van der Waals surface area contributed by atoms with Crippen molar-refractivity contribution in [2.24, 2.45) is 0 Å². The average molecular weight is 350 g/mol. The van der Waals surface area contributed by atoms with E-state index >= 15 is 0 Å². The Hall–Kier alpha value is -1.84. The van der Waals surface area contributed by atoms with Crippen LogP contribution < -0.4 is 5.56 Å². The number of hydrogen-bond donors (Lipinski definition) is 1. The summed E-state index contributed by atoms with van der Waals surface area (Å²) in [6.07, 6.45) is 0. The molecule has 5 nitrogen and oxygen atoms in total. The largest absolute Gasteiger partial charge is 0.285 e. The highest BCUT2D eigenvalue weighted by atomic mass is 32.2. The summed E-state index contributed by atoms with van der Waals surface area (Å²) in [6, 6.07) is 6.39. The first-order valence-electron chi connectivity index (χ1n) is 6.23. The monoisotopic (exact) mass is 350 g/mol. The quantitative estimate of drug-likeness (QED) is 0.573. The molecule has 9 heteroatoms. The number of halogens is 1. The number of thioether (sulfide) groups is 1. The van der Waals surface area contributed by atoms with E-state index in [0.29, 0.717) is 16.0 Å². The Labute approximate surface area is 135 Å². The number of fused-ring (bicyclic) bond motifs is 3. The molecule has 0 aliphatic carbocycles. The summed E-state index contributed by atoms with van der Waals surface area (Å²) in [5, 5.41) is 11.7. The lowest BCUT2D eigenvalue weighted by atomic mass is 10.2. The highest BCUT2D eigenvalue weighted by Gasteiger charge is 2.17. The van der Waals surface area contributed by atoms with Crippen molar-refractivity contribution in [1.82, 2.24) is 19.8 Å². The van der Waals surface area contributed by atoms with Gasteiger partial charge in [0.2, 0.25) is 0 Å². The smallest absolute Gasteiger partial charge is 0.266 e. The molecule has 0 saturated carbocycles. The van der Waals surface area contributed by atoms with E-state index in [1.165, 1.54) is 35.0 Å². The molecule has 1 aromatic carbocycles. The molecule has 110 valence electrons. The van der Waals surface area contributed by atoms with Gasteiger partial charge in [-0.05, 0) is 29.2 Å². The van der Waals surface area contributed by atoms with Gasteiger partial charge in [0.1, 0.15) is 25.1 Å². The number of thiophene rings is 1. The zero-order valence-electron chi connectivity index (χ0n) is 10.9. The normalized spacial score (nSPS) is 11.5. The van der Waals surface area contributed by atoms with Gasteiger partial charge in [-0.3, -0.25) is 4.79 Å². The first-order chi connectivity index (χ1) is 10.7. The first kappa shape index (κ1) is 13.8. The summed E-state index contributed by atoms with van der Waals surface area (Å²) in [5.41, 5.74) is 1.38. The molecule has 4 rings (SSSR count). The van der Waals surface area contributed by atoms with E-state index in [1.807, 2.05) is 0 Å². The Kier molecular flexibility index (Phi) is 3.40. The Balaban J connectivity index is 1.72. The van der Waals surface area contributed by atoms with Crippen LogP contribution >= 0.6 is 34.6 Å². The van der Waals surface area contributed by atoms with Crippen LogP contribution in [0.3, 0.4) is 0 Å². The minimum atomic E-state index is -0.247. The number of aromatic nitrogens is 4. The van der Waals surface area contributed by atoms with Gasteiger partial charge in [0.05, 0.1) is 5.39 Å². The summed E-state index contributed by atoms with van der Waals surface area (Å²) in [5.74, 6) is 0.427. The van der Waals surface area contributed by atoms with Gasteiger partial charge < -0.3 is 0 Å². The maximum absolute atomic E-state index is 12.9. The zero-order chi connectivity index (χ0) is 15.1. The third kappa shape index (κ3) is 2.31.